The topological polar surface area (TPSA) is 123 Å². The van der Waals surface area contributed by atoms with Crippen molar-refractivity contribution >= 4 is 41.8 Å². The third kappa shape index (κ3) is 6.31. The van der Waals surface area contributed by atoms with Crippen LogP contribution in [-0.2, 0) is 19.1 Å². The van der Waals surface area contributed by atoms with Crippen molar-refractivity contribution in [2.24, 2.45) is 0 Å². The molecule has 0 aromatic heterocycles. The Morgan fingerprint density at radius 1 is 1.14 bits per heavy atom. The molecule has 0 bridgehead atoms. The molecule has 3 rings (SSSR count). The maximum Gasteiger partial charge on any atom is 0.411 e. The van der Waals surface area contributed by atoms with E-state index in [2.05, 4.69) is 19.2 Å². The Bertz CT molecular complexity index is 1030. The minimum absolute atomic E-state index is 0.0460. The number of hydrogen-bond donors (Lipinski definition) is 1. The summed E-state index contributed by atoms with van der Waals surface area (Å²) in [4.78, 5) is 54.8. The van der Waals surface area contributed by atoms with Crippen LogP contribution in [0.4, 0.5) is 10.5 Å². The maximum atomic E-state index is 13.4. The number of nitro groups is 1. The molecule has 0 spiro atoms. The lowest BCUT2D eigenvalue weighted by molar-refractivity contribution is -0.387. The number of ether oxygens (including phenoxy) is 2. The first-order chi connectivity index (χ1) is 16.4. The predicted octanol–water partition coefficient (Wildman–Crippen LogP) is 2.20. The third-order valence-corrected chi connectivity index (χ3v) is 6.06. The number of carbonyl (C=O) groups excluding carboxylic acids is 3. The summed E-state index contributed by atoms with van der Waals surface area (Å²) in [5.41, 5.74) is -0.664. The number of benzene rings is 1. The zero-order chi connectivity index (χ0) is 25.9. The maximum absolute atomic E-state index is 13.4. The van der Waals surface area contributed by atoms with Crippen LogP contribution in [0.15, 0.2) is 29.7 Å². The average molecular weight is 507 g/mol. The van der Waals surface area contributed by atoms with Crippen molar-refractivity contribution in [1.82, 2.24) is 14.7 Å². The van der Waals surface area contributed by atoms with Crippen LogP contribution in [0.25, 0.3) is 5.57 Å². The van der Waals surface area contributed by atoms with E-state index in [1.54, 1.807) is 25.7 Å². The minimum Gasteiger partial charge on any atom is -0.444 e. The Hall–Kier alpha value is -3.12. The van der Waals surface area contributed by atoms with Gasteiger partial charge in [0, 0.05) is 37.8 Å². The molecule has 0 N–H and O–H groups in total. The van der Waals surface area contributed by atoms with Crippen molar-refractivity contribution in [2.45, 2.75) is 37.3 Å². The number of rotatable bonds is 4. The number of morpholine rings is 1. The lowest BCUT2D eigenvalue weighted by atomic mass is 10.0. The van der Waals surface area contributed by atoms with Gasteiger partial charge in [0.1, 0.15) is 11.6 Å². The average Bonchev–Trinajstić information content (AvgIpc) is 2.81. The van der Waals surface area contributed by atoms with E-state index in [9.17, 15) is 24.5 Å². The molecule has 1 atom stereocenters. The first-order valence-corrected chi connectivity index (χ1v) is 11.7. The number of nitro benzene ring substituents is 1. The van der Waals surface area contributed by atoms with E-state index in [0.29, 0.717) is 26.3 Å². The van der Waals surface area contributed by atoms with Gasteiger partial charge in [0.2, 0.25) is 5.91 Å². The summed E-state index contributed by atoms with van der Waals surface area (Å²) in [6.45, 7) is 10.8. The van der Waals surface area contributed by atoms with E-state index in [-0.39, 0.29) is 47.3 Å². The van der Waals surface area contributed by atoms with Gasteiger partial charge in [0.15, 0.2) is 0 Å². The van der Waals surface area contributed by atoms with Crippen molar-refractivity contribution in [1.29, 1.82) is 0 Å². The number of hydrogen-bond acceptors (Lipinski definition) is 8. The summed E-state index contributed by atoms with van der Waals surface area (Å²) in [6.07, 6.45) is -0.630. The summed E-state index contributed by atoms with van der Waals surface area (Å²) in [5, 5.41) is 11.3. The highest BCUT2D eigenvalue weighted by atomic mass is 32.1. The van der Waals surface area contributed by atoms with Gasteiger partial charge in [-0.3, -0.25) is 24.6 Å². The lowest BCUT2D eigenvalue weighted by Gasteiger charge is -2.43. The molecule has 3 amide bonds. The predicted molar refractivity (Wildman–Crippen MR) is 130 cm³/mol. The van der Waals surface area contributed by atoms with Gasteiger partial charge >= 0.3 is 6.09 Å². The first-order valence-electron chi connectivity index (χ1n) is 11.2. The molecule has 12 heteroatoms. The van der Waals surface area contributed by atoms with Crippen LogP contribution in [0.2, 0.25) is 0 Å². The second kappa shape index (κ2) is 10.6. The fourth-order valence-corrected chi connectivity index (χ4v) is 4.10. The van der Waals surface area contributed by atoms with E-state index >= 15 is 0 Å². The highest BCUT2D eigenvalue weighted by Gasteiger charge is 2.41. The highest BCUT2D eigenvalue weighted by molar-refractivity contribution is 7.80. The van der Waals surface area contributed by atoms with E-state index < -0.39 is 28.6 Å². The first kappa shape index (κ1) is 26.5. The van der Waals surface area contributed by atoms with Crippen LogP contribution in [0.3, 0.4) is 0 Å². The largest absolute Gasteiger partial charge is 0.444 e. The van der Waals surface area contributed by atoms with Crippen LogP contribution in [0, 0.1) is 10.1 Å². The number of amides is 3. The van der Waals surface area contributed by atoms with Gasteiger partial charge in [-0.15, -0.1) is 12.6 Å². The fourth-order valence-electron chi connectivity index (χ4n) is 3.88. The molecular weight excluding hydrogens is 476 g/mol. The van der Waals surface area contributed by atoms with E-state index in [0.717, 1.165) is 0 Å². The Balaban J connectivity index is 1.82. The molecular formula is C23H30N4O7S. The van der Waals surface area contributed by atoms with Crippen LogP contribution in [0.1, 0.15) is 26.3 Å². The third-order valence-electron chi connectivity index (χ3n) is 5.68. The second-order valence-corrected chi connectivity index (χ2v) is 9.80. The molecule has 190 valence electrons. The van der Waals surface area contributed by atoms with Gasteiger partial charge in [0.05, 0.1) is 29.6 Å². The summed E-state index contributed by atoms with van der Waals surface area (Å²) >= 11 is 4.08. The summed E-state index contributed by atoms with van der Waals surface area (Å²) in [6, 6.07) is 3.27. The van der Waals surface area contributed by atoms with Crippen LogP contribution >= 0.6 is 12.6 Å². The molecule has 0 aliphatic carbocycles. The van der Waals surface area contributed by atoms with Crippen LogP contribution < -0.4 is 0 Å². The minimum atomic E-state index is -0.942. The number of carbonyl (C=O) groups is 3. The van der Waals surface area contributed by atoms with Crippen molar-refractivity contribution in [3.05, 3.63) is 40.5 Å². The highest BCUT2D eigenvalue weighted by Crippen LogP contribution is 2.28. The van der Waals surface area contributed by atoms with Gasteiger partial charge in [-0.1, -0.05) is 12.6 Å². The lowest BCUT2D eigenvalue weighted by Crippen LogP contribution is -2.63. The van der Waals surface area contributed by atoms with Crippen LogP contribution in [0.5, 0.6) is 0 Å². The number of piperazine rings is 1. The molecule has 0 saturated carbocycles. The zero-order valence-electron chi connectivity index (χ0n) is 20.1. The van der Waals surface area contributed by atoms with E-state index in [1.165, 1.54) is 28.0 Å². The van der Waals surface area contributed by atoms with Gasteiger partial charge in [-0.25, -0.2) is 4.79 Å². The monoisotopic (exact) mass is 506 g/mol. The Morgan fingerprint density at radius 2 is 1.80 bits per heavy atom. The van der Waals surface area contributed by atoms with Gasteiger partial charge in [0.25, 0.3) is 11.6 Å². The molecule has 2 heterocycles. The SMILES string of the molecule is C=C(C(=O)N1CCN(C(=O)OC(C)(C)C)C(C(=O)N2CCOCC2)C1)c1ccc(S)c([N+](=O)[O-])c1. The molecule has 2 aliphatic rings. The molecule has 2 aliphatic heterocycles. The quantitative estimate of drug-likeness (QED) is 0.287. The molecule has 2 saturated heterocycles. The zero-order valence-corrected chi connectivity index (χ0v) is 21.0. The summed E-state index contributed by atoms with van der Waals surface area (Å²) in [7, 11) is 0. The summed E-state index contributed by atoms with van der Waals surface area (Å²) < 4.78 is 10.8. The fraction of sp³-hybridized carbons (Fsp3) is 0.522. The van der Waals surface area contributed by atoms with Gasteiger partial charge in [-0.05, 0) is 32.4 Å². The molecule has 2 fully saturated rings. The normalized spacial score (nSPS) is 18.7. The Kier molecular flexibility index (Phi) is 8.06. The second-order valence-electron chi connectivity index (χ2n) is 9.32. The molecule has 0 radical (unpaired) electrons. The number of nitrogens with zero attached hydrogens (tertiary/aromatic N) is 4. The standard InChI is InChI=1S/C23H30N4O7S/c1-15(16-5-6-19(35)17(13-16)27(31)32)20(28)25-7-8-26(22(30)34-23(2,3)4)18(14-25)21(29)24-9-11-33-12-10-24/h5-6,13,18,35H,1,7-12,14H2,2-4H3. The van der Waals surface area contributed by atoms with Crippen molar-refractivity contribution in [3.8, 4) is 0 Å². The van der Waals surface area contributed by atoms with Crippen LogP contribution in [-0.4, -0.2) is 95.1 Å². The molecule has 1 unspecified atom stereocenters. The molecule has 35 heavy (non-hydrogen) atoms. The van der Waals surface area contributed by atoms with E-state index in [4.69, 9.17) is 9.47 Å². The van der Waals surface area contributed by atoms with Gasteiger partial charge < -0.3 is 19.3 Å². The van der Waals surface area contributed by atoms with Crippen molar-refractivity contribution in [2.75, 3.05) is 45.9 Å². The van der Waals surface area contributed by atoms with Crippen molar-refractivity contribution in [3.63, 3.8) is 0 Å². The smallest absolute Gasteiger partial charge is 0.411 e. The molecule has 11 nitrogen and oxygen atoms in total. The van der Waals surface area contributed by atoms with Gasteiger partial charge in [-0.2, -0.15) is 0 Å². The molecule has 1 aromatic carbocycles. The number of thiol groups is 1. The Labute approximate surface area is 209 Å². The van der Waals surface area contributed by atoms with Crippen molar-refractivity contribution < 1.29 is 28.8 Å². The van der Waals surface area contributed by atoms with E-state index in [1.807, 2.05) is 0 Å². The molecule has 1 aromatic rings. The summed E-state index contributed by atoms with van der Waals surface area (Å²) in [5.74, 6) is -0.771. The Morgan fingerprint density at radius 3 is 2.40 bits per heavy atom.